The Hall–Kier alpha value is -2.28. The van der Waals surface area contributed by atoms with Gasteiger partial charge in [0.1, 0.15) is 12.3 Å². The van der Waals surface area contributed by atoms with Crippen LogP contribution in [-0.2, 0) is 11.4 Å². The van der Waals surface area contributed by atoms with Gasteiger partial charge in [0, 0.05) is 6.54 Å². The molecule has 30 heavy (non-hydrogen) atoms. The van der Waals surface area contributed by atoms with Gasteiger partial charge in [0.15, 0.2) is 16.6 Å². The smallest absolute Gasteiger partial charge is 0.276 e. The maximum Gasteiger partial charge on any atom is 0.276 e. The molecule has 0 spiro atoms. The van der Waals surface area contributed by atoms with E-state index in [9.17, 15) is 4.79 Å². The first kappa shape index (κ1) is 22.4. The Balaban J connectivity index is 1.78. The molecule has 1 amide bonds. The van der Waals surface area contributed by atoms with E-state index in [0.29, 0.717) is 52.1 Å². The highest BCUT2D eigenvalue weighted by Gasteiger charge is 2.29. The van der Waals surface area contributed by atoms with Gasteiger partial charge in [0.2, 0.25) is 0 Å². The molecule has 2 aromatic rings. The summed E-state index contributed by atoms with van der Waals surface area (Å²) in [4.78, 5) is 14.1. The van der Waals surface area contributed by atoms with Crippen LogP contribution in [0.3, 0.4) is 0 Å². The maximum atomic E-state index is 12.5. The van der Waals surface area contributed by atoms with Crippen LogP contribution in [0.1, 0.15) is 31.4 Å². The number of rotatable bonds is 8. The van der Waals surface area contributed by atoms with E-state index >= 15 is 0 Å². The maximum absolute atomic E-state index is 12.5. The highest BCUT2D eigenvalue weighted by molar-refractivity contribution is 7.80. The molecular weight excluding hydrogens is 443 g/mol. The molecule has 0 saturated carbocycles. The number of nitrogens with zero attached hydrogens (tertiary/aromatic N) is 1. The molecule has 2 aromatic carbocycles. The van der Waals surface area contributed by atoms with Crippen molar-refractivity contribution in [3.8, 4) is 11.5 Å². The zero-order valence-corrected chi connectivity index (χ0v) is 19.0. The van der Waals surface area contributed by atoms with Gasteiger partial charge in [-0.25, -0.2) is 0 Å². The average Bonchev–Trinajstić information content (AvgIpc) is 2.98. The molecule has 1 aliphatic heterocycles. The van der Waals surface area contributed by atoms with Crippen LogP contribution >= 0.6 is 35.4 Å². The van der Waals surface area contributed by atoms with Gasteiger partial charge in [0.05, 0.1) is 16.7 Å². The van der Waals surface area contributed by atoms with Crippen molar-refractivity contribution in [3.63, 3.8) is 0 Å². The molecule has 0 radical (unpaired) electrons. The van der Waals surface area contributed by atoms with E-state index in [1.165, 1.54) is 0 Å². The lowest BCUT2D eigenvalue weighted by Crippen LogP contribution is -2.31. The summed E-state index contributed by atoms with van der Waals surface area (Å²) in [6, 6.07) is 10.9. The molecule has 8 heteroatoms. The number of nitrogens with one attached hydrogen (secondary N) is 1. The molecule has 5 nitrogen and oxygen atoms in total. The number of carbonyl (C=O) groups excluding carboxylic acids is 1. The number of amides is 1. The minimum atomic E-state index is -0.125. The SMILES string of the molecule is CCCN1C(=O)/C(=C/c2ccc(OCc3ccc(Cl)c(Cl)c3)c(OCC)c2)NC1=S. The van der Waals surface area contributed by atoms with Gasteiger partial charge in [-0.2, -0.15) is 0 Å². The molecule has 0 bridgehead atoms. The fraction of sp³-hybridized carbons (Fsp3) is 0.273. The van der Waals surface area contributed by atoms with Crippen molar-refractivity contribution in [2.24, 2.45) is 0 Å². The second kappa shape index (κ2) is 10.2. The Morgan fingerprint density at radius 3 is 2.57 bits per heavy atom. The van der Waals surface area contributed by atoms with Gasteiger partial charge < -0.3 is 14.8 Å². The van der Waals surface area contributed by atoms with Gasteiger partial charge in [-0.3, -0.25) is 9.69 Å². The van der Waals surface area contributed by atoms with Crippen molar-refractivity contribution in [2.75, 3.05) is 13.2 Å². The van der Waals surface area contributed by atoms with Crippen molar-refractivity contribution >= 4 is 52.5 Å². The van der Waals surface area contributed by atoms with Crippen molar-refractivity contribution in [3.05, 3.63) is 63.3 Å². The van der Waals surface area contributed by atoms with Gasteiger partial charge in [-0.15, -0.1) is 0 Å². The van der Waals surface area contributed by atoms with E-state index in [4.69, 9.17) is 44.9 Å². The summed E-state index contributed by atoms with van der Waals surface area (Å²) in [5.74, 6) is 1.06. The second-order valence-electron chi connectivity index (χ2n) is 6.62. The van der Waals surface area contributed by atoms with E-state index in [1.54, 1.807) is 23.1 Å². The van der Waals surface area contributed by atoms with Crippen LogP contribution in [-0.4, -0.2) is 29.1 Å². The average molecular weight is 465 g/mol. The van der Waals surface area contributed by atoms with Crippen LogP contribution in [0.2, 0.25) is 10.0 Å². The van der Waals surface area contributed by atoms with Crippen molar-refractivity contribution < 1.29 is 14.3 Å². The zero-order valence-electron chi connectivity index (χ0n) is 16.7. The molecule has 3 rings (SSSR count). The number of ether oxygens (including phenoxy) is 2. The number of halogens is 2. The zero-order chi connectivity index (χ0) is 21.7. The first-order valence-corrected chi connectivity index (χ1v) is 10.8. The third-order valence-electron chi connectivity index (χ3n) is 4.37. The Bertz CT molecular complexity index is 994. The summed E-state index contributed by atoms with van der Waals surface area (Å²) in [5, 5.41) is 4.39. The highest BCUT2D eigenvalue weighted by Crippen LogP contribution is 2.31. The highest BCUT2D eigenvalue weighted by atomic mass is 35.5. The van der Waals surface area contributed by atoms with Crippen LogP contribution in [0.25, 0.3) is 6.08 Å². The van der Waals surface area contributed by atoms with Crippen molar-refractivity contribution in [1.82, 2.24) is 10.2 Å². The van der Waals surface area contributed by atoms with E-state index in [0.717, 1.165) is 17.5 Å². The molecular formula is C22H22Cl2N2O3S. The molecule has 0 aromatic heterocycles. The van der Waals surface area contributed by atoms with E-state index < -0.39 is 0 Å². The molecule has 1 aliphatic rings. The molecule has 1 N–H and O–H groups in total. The van der Waals surface area contributed by atoms with E-state index in [2.05, 4.69) is 5.32 Å². The second-order valence-corrected chi connectivity index (χ2v) is 7.82. The first-order chi connectivity index (χ1) is 14.4. The van der Waals surface area contributed by atoms with Crippen LogP contribution in [0.15, 0.2) is 42.1 Å². The quantitative estimate of drug-likeness (QED) is 0.416. The lowest BCUT2D eigenvalue weighted by Gasteiger charge is -2.13. The number of benzene rings is 2. The fourth-order valence-electron chi connectivity index (χ4n) is 2.96. The summed E-state index contributed by atoms with van der Waals surface area (Å²) in [6.07, 6.45) is 2.59. The standard InChI is InChI=1S/C22H22Cl2N2O3S/c1-3-9-26-21(27)18(25-22(26)30)11-14-6-8-19(20(12-14)28-4-2)29-13-15-5-7-16(23)17(24)10-15/h5-8,10-12H,3-4,9,13H2,1-2H3,(H,25,30)/b18-11-. The molecule has 0 atom stereocenters. The number of thiocarbonyl (C=S) groups is 1. The van der Waals surface area contributed by atoms with E-state index in [1.807, 2.05) is 38.1 Å². The summed E-state index contributed by atoms with van der Waals surface area (Å²) < 4.78 is 11.7. The number of hydrogen-bond acceptors (Lipinski definition) is 4. The van der Waals surface area contributed by atoms with Gasteiger partial charge >= 0.3 is 0 Å². The third-order valence-corrected chi connectivity index (χ3v) is 5.43. The number of carbonyl (C=O) groups is 1. The Kier molecular flexibility index (Phi) is 7.58. The molecule has 0 aliphatic carbocycles. The predicted octanol–water partition coefficient (Wildman–Crippen LogP) is 5.44. The summed E-state index contributed by atoms with van der Waals surface area (Å²) >= 11 is 17.3. The monoisotopic (exact) mass is 464 g/mol. The predicted molar refractivity (Wildman–Crippen MR) is 124 cm³/mol. The summed E-state index contributed by atoms with van der Waals surface area (Å²) in [7, 11) is 0. The lowest BCUT2D eigenvalue weighted by atomic mass is 10.1. The van der Waals surface area contributed by atoms with Gasteiger partial charge in [0.25, 0.3) is 5.91 Å². The van der Waals surface area contributed by atoms with E-state index in [-0.39, 0.29) is 5.91 Å². The molecule has 1 fully saturated rings. The molecule has 1 saturated heterocycles. The minimum Gasteiger partial charge on any atom is -0.490 e. The largest absolute Gasteiger partial charge is 0.490 e. The molecule has 1 heterocycles. The summed E-state index contributed by atoms with van der Waals surface area (Å²) in [6.45, 7) is 5.29. The normalized spacial score (nSPS) is 14.9. The van der Waals surface area contributed by atoms with Crippen molar-refractivity contribution in [1.29, 1.82) is 0 Å². The van der Waals surface area contributed by atoms with Crippen LogP contribution in [0, 0.1) is 0 Å². The molecule has 0 unspecified atom stereocenters. The number of hydrogen-bond donors (Lipinski definition) is 1. The van der Waals surface area contributed by atoms with Gasteiger partial charge in [-0.1, -0.05) is 42.3 Å². The fourth-order valence-corrected chi connectivity index (χ4v) is 3.56. The third kappa shape index (κ3) is 5.25. The minimum absolute atomic E-state index is 0.125. The van der Waals surface area contributed by atoms with Crippen LogP contribution < -0.4 is 14.8 Å². The molecule has 158 valence electrons. The Morgan fingerprint density at radius 2 is 1.87 bits per heavy atom. The van der Waals surface area contributed by atoms with Crippen molar-refractivity contribution in [2.45, 2.75) is 26.9 Å². The van der Waals surface area contributed by atoms with Gasteiger partial charge in [-0.05, 0) is 67.0 Å². The first-order valence-electron chi connectivity index (χ1n) is 9.61. The topological polar surface area (TPSA) is 50.8 Å². The lowest BCUT2D eigenvalue weighted by molar-refractivity contribution is -0.122. The van der Waals surface area contributed by atoms with Crippen LogP contribution in [0.4, 0.5) is 0 Å². The Labute approximate surface area is 191 Å². The van der Waals surface area contributed by atoms with Crippen LogP contribution in [0.5, 0.6) is 11.5 Å². The summed E-state index contributed by atoms with van der Waals surface area (Å²) in [5.41, 5.74) is 2.14. The Morgan fingerprint density at radius 1 is 1.07 bits per heavy atom.